The van der Waals surface area contributed by atoms with Crippen LogP contribution in [0.3, 0.4) is 0 Å². The van der Waals surface area contributed by atoms with Crippen LogP contribution in [0.25, 0.3) is 6.08 Å². The smallest absolute Gasteiger partial charge is 0.446 e. The normalized spacial score (nSPS) is 11.6. The van der Waals surface area contributed by atoms with Gasteiger partial charge in [0.15, 0.2) is 0 Å². The zero-order chi connectivity index (χ0) is 15.2. The first-order valence-corrected chi connectivity index (χ1v) is 6.78. The highest BCUT2D eigenvalue weighted by atomic mass is 32.3. The largest absolute Gasteiger partial charge is 0.462 e. The van der Waals surface area contributed by atoms with Gasteiger partial charge in [0.1, 0.15) is 17.4 Å². The van der Waals surface area contributed by atoms with E-state index >= 15 is 0 Å². The van der Waals surface area contributed by atoms with E-state index in [0.717, 1.165) is 0 Å². The minimum atomic E-state index is -4.58. The summed E-state index contributed by atoms with van der Waals surface area (Å²) in [6, 6.07) is 7.06. The van der Waals surface area contributed by atoms with Crippen LogP contribution in [-0.4, -0.2) is 25.5 Å². The van der Waals surface area contributed by atoms with Crippen LogP contribution in [-0.2, 0) is 19.9 Å². The van der Waals surface area contributed by atoms with Crippen molar-refractivity contribution < 1.29 is 26.7 Å². The van der Waals surface area contributed by atoms with E-state index in [4.69, 9.17) is 9.81 Å². The first-order chi connectivity index (χ1) is 9.35. The molecule has 1 aromatic rings. The Bertz CT molecular complexity index is 654. The van der Waals surface area contributed by atoms with Crippen molar-refractivity contribution in [1.82, 2.24) is 0 Å². The van der Waals surface area contributed by atoms with Gasteiger partial charge >= 0.3 is 16.4 Å². The standard InChI is InChI=1S/C12H11NO6S/c1-2-18-12(14)10(8-13)7-9-3-5-11(6-4-9)19-20(15,16)17/h3-7H,2H2,1H3,(H,15,16,17). The van der Waals surface area contributed by atoms with Crippen molar-refractivity contribution in [3.63, 3.8) is 0 Å². The van der Waals surface area contributed by atoms with E-state index in [-0.39, 0.29) is 17.9 Å². The van der Waals surface area contributed by atoms with E-state index in [9.17, 15) is 13.2 Å². The quantitative estimate of drug-likeness (QED) is 0.377. The van der Waals surface area contributed by atoms with Crippen molar-refractivity contribution in [1.29, 1.82) is 5.26 Å². The second-order valence-electron chi connectivity index (χ2n) is 3.47. The van der Waals surface area contributed by atoms with Crippen LogP contribution in [0.2, 0.25) is 0 Å². The number of hydrogen-bond acceptors (Lipinski definition) is 6. The van der Waals surface area contributed by atoms with Gasteiger partial charge in [0.25, 0.3) is 0 Å². The van der Waals surface area contributed by atoms with Crippen molar-refractivity contribution in [2.75, 3.05) is 6.61 Å². The van der Waals surface area contributed by atoms with E-state index in [1.165, 1.54) is 30.3 Å². The van der Waals surface area contributed by atoms with Crippen LogP contribution in [0, 0.1) is 11.3 Å². The number of benzene rings is 1. The third-order valence-corrected chi connectivity index (χ3v) is 2.41. The van der Waals surface area contributed by atoms with Crippen molar-refractivity contribution >= 4 is 22.4 Å². The monoisotopic (exact) mass is 297 g/mol. The van der Waals surface area contributed by atoms with E-state index < -0.39 is 16.4 Å². The number of rotatable bonds is 5. The molecular formula is C12H11NO6S. The van der Waals surface area contributed by atoms with Gasteiger partial charge in [-0.05, 0) is 30.7 Å². The van der Waals surface area contributed by atoms with Crippen LogP contribution in [0.1, 0.15) is 12.5 Å². The maximum atomic E-state index is 11.4. The fourth-order valence-corrected chi connectivity index (χ4v) is 1.61. The highest BCUT2D eigenvalue weighted by Crippen LogP contribution is 2.16. The molecule has 0 bridgehead atoms. The third kappa shape index (κ3) is 5.09. The lowest BCUT2D eigenvalue weighted by molar-refractivity contribution is -0.137. The molecule has 0 fully saturated rings. The first-order valence-electron chi connectivity index (χ1n) is 5.41. The van der Waals surface area contributed by atoms with Gasteiger partial charge in [-0.25, -0.2) is 4.79 Å². The van der Waals surface area contributed by atoms with Crippen molar-refractivity contribution in [3.8, 4) is 11.8 Å². The fourth-order valence-electron chi connectivity index (χ4n) is 1.25. The average molecular weight is 297 g/mol. The molecule has 0 amide bonds. The molecule has 0 aliphatic heterocycles. The summed E-state index contributed by atoms with van der Waals surface area (Å²) in [7, 11) is -4.58. The number of nitrogens with zero attached hydrogens (tertiary/aromatic N) is 1. The van der Waals surface area contributed by atoms with Crippen molar-refractivity contribution in [2.45, 2.75) is 6.92 Å². The SMILES string of the molecule is CCOC(=O)C(C#N)=Cc1ccc(OS(=O)(=O)O)cc1. The Labute approximate surface area is 116 Å². The fraction of sp³-hybridized carbons (Fsp3) is 0.167. The number of esters is 1. The molecule has 20 heavy (non-hydrogen) atoms. The number of carbonyl (C=O) groups is 1. The molecule has 0 saturated carbocycles. The second-order valence-corrected chi connectivity index (χ2v) is 4.49. The number of nitriles is 1. The van der Waals surface area contributed by atoms with Crippen molar-refractivity contribution in [3.05, 3.63) is 35.4 Å². The third-order valence-electron chi connectivity index (χ3n) is 2.01. The minimum absolute atomic E-state index is 0.0979. The van der Waals surface area contributed by atoms with Gasteiger partial charge in [0.2, 0.25) is 0 Å². The molecule has 0 unspecified atom stereocenters. The summed E-state index contributed by atoms with van der Waals surface area (Å²) in [6.07, 6.45) is 1.29. The van der Waals surface area contributed by atoms with Crippen LogP contribution >= 0.6 is 0 Å². The molecule has 0 aliphatic carbocycles. The van der Waals surface area contributed by atoms with Gasteiger partial charge in [0, 0.05) is 0 Å². The van der Waals surface area contributed by atoms with Crippen molar-refractivity contribution in [2.24, 2.45) is 0 Å². The Balaban J connectivity index is 2.93. The molecule has 7 nitrogen and oxygen atoms in total. The molecular weight excluding hydrogens is 286 g/mol. The second kappa shape index (κ2) is 6.70. The summed E-state index contributed by atoms with van der Waals surface area (Å²) in [5.74, 6) is -0.840. The molecule has 106 valence electrons. The van der Waals surface area contributed by atoms with Gasteiger partial charge in [0.05, 0.1) is 6.61 Å². The molecule has 1 N–H and O–H groups in total. The highest BCUT2D eigenvalue weighted by molar-refractivity contribution is 7.81. The molecule has 0 heterocycles. The molecule has 0 atom stereocenters. The van der Waals surface area contributed by atoms with E-state index in [0.29, 0.717) is 5.56 Å². The van der Waals surface area contributed by atoms with Gasteiger partial charge in [-0.2, -0.15) is 13.7 Å². The molecule has 1 rings (SSSR count). The molecule has 0 aromatic heterocycles. The van der Waals surface area contributed by atoms with E-state index in [1.54, 1.807) is 13.0 Å². The lowest BCUT2D eigenvalue weighted by atomic mass is 10.1. The molecule has 0 saturated heterocycles. The summed E-state index contributed by atoms with van der Waals surface area (Å²) in [5.41, 5.74) is 0.285. The molecule has 0 spiro atoms. The van der Waals surface area contributed by atoms with Crippen LogP contribution in [0.4, 0.5) is 0 Å². The zero-order valence-corrected chi connectivity index (χ0v) is 11.3. The Hall–Kier alpha value is -2.37. The molecule has 8 heteroatoms. The lowest BCUT2D eigenvalue weighted by Gasteiger charge is -2.02. The summed E-state index contributed by atoms with van der Waals surface area (Å²) < 4.78 is 38.4. The van der Waals surface area contributed by atoms with Crippen LogP contribution in [0.15, 0.2) is 29.8 Å². The predicted molar refractivity (Wildman–Crippen MR) is 68.8 cm³/mol. The molecule has 0 aliphatic rings. The highest BCUT2D eigenvalue weighted by Gasteiger charge is 2.10. The Morgan fingerprint density at radius 2 is 2.00 bits per heavy atom. The molecule has 0 radical (unpaired) electrons. The van der Waals surface area contributed by atoms with Gasteiger partial charge in [-0.3, -0.25) is 4.55 Å². The summed E-state index contributed by atoms with van der Waals surface area (Å²) in [5, 5.41) is 8.84. The number of ether oxygens (including phenoxy) is 1. The first kappa shape index (κ1) is 15.7. The van der Waals surface area contributed by atoms with Crippen LogP contribution in [0.5, 0.6) is 5.75 Å². The summed E-state index contributed by atoms with van der Waals surface area (Å²) in [6.45, 7) is 1.77. The average Bonchev–Trinajstić information content (AvgIpc) is 2.36. The minimum Gasteiger partial charge on any atom is -0.462 e. The Kier molecular flexibility index (Phi) is 5.25. The van der Waals surface area contributed by atoms with Gasteiger partial charge in [-0.1, -0.05) is 12.1 Å². The lowest BCUT2D eigenvalue weighted by Crippen LogP contribution is -2.06. The Morgan fingerprint density at radius 1 is 1.40 bits per heavy atom. The van der Waals surface area contributed by atoms with Gasteiger partial charge < -0.3 is 8.92 Å². The maximum absolute atomic E-state index is 11.4. The Morgan fingerprint density at radius 3 is 2.45 bits per heavy atom. The molecule has 1 aromatic carbocycles. The van der Waals surface area contributed by atoms with Gasteiger partial charge in [-0.15, -0.1) is 0 Å². The number of hydrogen-bond donors (Lipinski definition) is 1. The maximum Gasteiger partial charge on any atom is 0.446 e. The topological polar surface area (TPSA) is 114 Å². The van der Waals surface area contributed by atoms with E-state index in [2.05, 4.69) is 8.92 Å². The summed E-state index contributed by atoms with van der Waals surface area (Å²) >= 11 is 0. The van der Waals surface area contributed by atoms with E-state index in [1.807, 2.05) is 0 Å². The van der Waals surface area contributed by atoms with Crippen LogP contribution < -0.4 is 4.18 Å². The summed E-state index contributed by atoms with van der Waals surface area (Å²) in [4.78, 5) is 11.4. The zero-order valence-electron chi connectivity index (χ0n) is 10.4. The predicted octanol–water partition coefficient (Wildman–Crippen LogP) is 1.34. The number of carbonyl (C=O) groups excluding carboxylic acids is 1.